The first-order valence-electron chi connectivity index (χ1n) is 8.73. The third-order valence-corrected chi connectivity index (χ3v) is 4.73. The van der Waals surface area contributed by atoms with Crippen LogP contribution in [0.3, 0.4) is 0 Å². The number of para-hydroxylation sites is 1. The average molecular weight is 331 g/mol. The van der Waals surface area contributed by atoms with E-state index < -0.39 is 0 Å². The fourth-order valence-corrected chi connectivity index (χ4v) is 3.43. The summed E-state index contributed by atoms with van der Waals surface area (Å²) in [5, 5.41) is 2.92. The van der Waals surface area contributed by atoms with E-state index in [1.165, 1.54) is 0 Å². The molecule has 0 unspecified atom stereocenters. The summed E-state index contributed by atoms with van der Waals surface area (Å²) in [4.78, 5) is 28.6. The molecule has 6 heteroatoms. The van der Waals surface area contributed by atoms with Crippen molar-refractivity contribution in [3.05, 3.63) is 30.3 Å². The van der Waals surface area contributed by atoms with Crippen LogP contribution in [0.2, 0.25) is 0 Å². The number of hydrogen-bond acceptors (Lipinski definition) is 3. The molecule has 0 spiro atoms. The molecule has 0 aromatic heterocycles. The minimum Gasteiger partial charge on any atom is -0.376 e. The molecule has 2 aliphatic heterocycles. The van der Waals surface area contributed by atoms with Gasteiger partial charge >= 0.3 is 6.03 Å². The molecule has 1 N–H and O–H groups in total. The van der Waals surface area contributed by atoms with Crippen LogP contribution in [-0.4, -0.2) is 55.2 Å². The number of anilines is 1. The van der Waals surface area contributed by atoms with Crippen LogP contribution in [-0.2, 0) is 9.53 Å². The standard InChI is InChI=1S/C18H25N3O3/c1-2-20(18(23)19-13-15-9-6-12-24-15)16-10-11-21(17(16)22)14-7-4-3-5-8-14/h3-5,7-8,15-16H,2,6,9-13H2,1H3,(H,19,23)/t15-,16-/m1/s1. The van der Waals surface area contributed by atoms with E-state index in [0.29, 0.717) is 26.1 Å². The van der Waals surface area contributed by atoms with E-state index in [4.69, 9.17) is 4.74 Å². The van der Waals surface area contributed by atoms with E-state index in [9.17, 15) is 9.59 Å². The highest BCUT2D eigenvalue weighted by Crippen LogP contribution is 2.24. The maximum Gasteiger partial charge on any atom is 0.318 e. The Labute approximate surface area is 142 Å². The highest BCUT2D eigenvalue weighted by Gasteiger charge is 2.38. The van der Waals surface area contributed by atoms with E-state index in [2.05, 4.69) is 5.32 Å². The van der Waals surface area contributed by atoms with Crippen LogP contribution in [0.1, 0.15) is 26.2 Å². The van der Waals surface area contributed by atoms with Crippen LogP contribution >= 0.6 is 0 Å². The molecular weight excluding hydrogens is 306 g/mol. The van der Waals surface area contributed by atoms with Gasteiger partial charge in [-0.15, -0.1) is 0 Å². The van der Waals surface area contributed by atoms with Gasteiger partial charge in [0.05, 0.1) is 6.10 Å². The third kappa shape index (κ3) is 3.53. The second-order valence-corrected chi connectivity index (χ2v) is 6.24. The lowest BCUT2D eigenvalue weighted by atomic mass is 10.2. The number of ether oxygens (including phenoxy) is 1. The van der Waals surface area contributed by atoms with Gasteiger partial charge in [0, 0.05) is 31.9 Å². The lowest BCUT2D eigenvalue weighted by Crippen LogP contribution is -2.50. The summed E-state index contributed by atoms with van der Waals surface area (Å²) in [5.74, 6) is -0.00434. The molecule has 3 amide bonds. The molecule has 1 aromatic carbocycles. The molecular formula is C18H25N3O3. The van der Waals surface area contributed by atoms with Gasteiger partial charge in [-0.2, -0.15) is 0 Å². The molecule has 2 atom stereocenters. The van der Waals surface area contributed by atoms with Gasteiger partial charge in [-0.1, -0.05) is 18.2 Å². The van der Waals surface area contributed by atoms with Crippen molar-refractivity contribution in [3.63, 3.8) is 0 Å². The molecule has 2 aliphatic rings. The van der Waals surface area contributed by atoms with Gasteiger partial charge in [-0.05, 0) is 38.3 Å². The smallest absolute Gasteiger partial charge is 0.318 e. The fourth-order valence-electron chi connectivity index (χ4n) is 3.43. The zero-order valence-electron chi connectivity index (χ0n) is 14.1. The maximum absolute atomic E-state index is 12.8. The van der Waals surface area contributed by atoms with Crippen molar-refractivity contribution in [2.45, 2.75) is 38.3 Å². The Bertz CT molecular complexity index is 572. The Kier molecular flexibility index (Phi) is 5.35. The summed E-state index contributed by atoms with van der Waals surface area (Å²) in [7, 11) is 0. The predicted octanol–water partition coefficient (Wildman–Crippen LogP) is 2.00. The van der Waals surface area contributed by atoms with Crippen LogP contribution in [0, 0.1) is 0 Å². The minimum atomic E-state index is -0.389. The minimum absolute atomic E-state index is 0.00434. The van der Waals surface area contributed by atoms with Crippen molar-refractivity contribution in [2.75, 3.05) is 31.1 Å². The van der Waals surface area contributed by atoms with Crippen LogP contribution in [0.25, 0.3) is 0 Å². The molecule has 2 heterocycles. The number of hydrogen-bond donors (Lipinski definition) is 1. The molecule has 0 radical (unpaired) electrons. The number of carbonyl (C=O) groups excluding carboxylic acids is 2. The molecule has 3 rings (SSSR count). The van der Waals surface area contributed by atoms with Gasteiger partial charge in [-0.3, -0.25) is 4.79 Å². The molecule has 2 saturated heterocycles. The Morgan fingerprint density at radius 3 is 2.79 bits per heavy atom. The van der Waals surface area contributed by atoms with Gasteiger partial charge in [0.2, 0.25) is 5.91 Å². The summed E-state index contributed by atoms with van der Waals surface area (Å²) >= 11 is 0. The molecule has 6 nitrogen and oxygen atoms in total. The lowest BCUT2D eigenvalue weighted by molar-refractivity contribution is -0.120. The van der Waals surface area contributed by atoms with Gasteiger partial charge in [-0.25, -0.2) is 4.79 Å². The summed E-state index contributed by atoms with van der Waals surface area (Å²) in [6, 6.07) is 9.05. The number of likely N-dealkylation sites (N-methyl/N-ethyl adjacent to an activating group) is 1. The lowest BCUT2D eigenvalue weighted by Gasteiger charge is -2.27. The zero-order chi connectivity index (χ0) is 16.9. The van der Waals surface area contributed by atoms with Crippen molar-refractivity contribution < 1.29 is 14.3 Å². The van der Waals surface area contributed by atoms with Crippen LogP contribution in [0.5, 0.6) is 0 Å². The summed E-state index contributed by atoms with van der Waals surface area (Å²) < 4.78 is 5.53. The highest BCUT2D eigenvalue weighted by molar-refractivity contribution is 6.01. The molecule has 0 aliphatic carbocycles. The molecule has 2 fully saturated rings. The Hall–Kier alpha value is -2.08. The van der Waals surface area contributed by atoms with Crippen molar-refractivity contribution in [1.82, 2.24) is 10.2 Å². The monoisotopic (exact) mass is 331 g/mol. The first kappa shape index (κ1) is 16.8. The Morgan fingerprint density at radius 2 is 2.12 bits per heavy atom. The number of benzene rings is 1. The first-order chi connectivity index (χ1) is 11.7. The number of amides is 3. The van der Waals surface area contributed by atoms with E-state index in [1.807, 2.05) is 37.3 Å². The molecule has 0 saturated carbocycles. The van der Waals surface area contributed by atoms with Gasteiger partial charge in [0.25, 0.3) is 0 Å². The van der Waals surface area contributed by atoms with Gasteiger partial charge < -0.3 is 19.9 Å². The second kappa shape index (κ2) is 7.66. The Balaban J connectivity index is 1.60. The number of rotatable bonds is 5. The maximum atomic E-state index is 12.8. The van der Waals surface area contributed by atoms with Crippen molar-refractivity contribution in [1.29, 1.82) is 0 Å². The van der Waals surface area contributed by atoms with Crippen molar-refractivity contribution in [2.24, 2.45) is 0 Å². The SMILES string of the molecule is CCN(C(=O)NC[C@H]1CCCO1)[C@@H]1CCN(c2ccccc2)C1=O. The quantitative estimate of drug-likeness (QED) is 0.898. The number of nitrogens with zero attached hydrogens (tertiary/aromatic N) is 2. The summed E-state index contributed by atoms with van der Waals surface area (Å²) in [5.41, 5.74) is 0.890. The van der Waals surface area contributed by atoms with Crippen molar-refractivity contribution >= 4 is 17.6 Å². The van der Waals surface area contributed by atoms with E-state index >= 15 is 0 Å². The molecule has 24 heavy (non-hydrogen) atoms. The fraction of sp³-hybridized carbons (Fsp3) is 0.556. The predicted molar refractivity (Wildman–Crippen MR) is 92.0 cm³/mol. The second-order valence-electron chi connectivity index (χ2n) is 6.24. The topological polar surface area (TPSA) is 61.9 Å². The largest absolute Gasteiger partial charge is 0.376 e. The van der Waals surface area contributed by atoms with E-state index in [0.717, 1.165) is 25.1 Å². The van der Waals surface area contributed by atoms with E-state index in [1.54, 1.807) is 9.80 Å². The first-order valence-corrected chi connectivity index (χ1v) is 8.73. The van der Waals surface area contributed by atoms with Gasteiger partial charge in [0.1, 0.15) is 6.04 Å². The number of nitrogens with one attached hydrogen (secondary N) is 1. The van der Waals surface area contributed by atoms with Crippen LogP contribution in [0.15, 0.2) is 30.3 Å². The summed E-state index contributed by atoms with van der Waals surface area (Å²) in [6.45, 7) is 4.34. The highest BCUT2D eigenvalue weighted by atomic mass is 16.5. The Morgan fingerprint density at radius 1 is 1.33 bits per heavy atom. The summed E-state index contributed by atoms with van der Waals surface area (Å²) in [6.07, 6.45) is 2.80. The molecule has 1 aromatic rings. The van der Waals surface area contributed by atoms with Crippen LogP contribution in [0.4, 0.5) is 10.5 Å². The van der Waals surface area contributed by atoms with E-state index in [-0.39, 0.29) is 24.1 Å². The zero-order valence-corrected chi connectivity index (χ0v) is 14.1. The average Bonchev–Trinajstić information content (AvgIpc) is 3.25. The normalized spacial score (nSPS) is 23.5. The van der Waals surface area contributed by atoms with Gasteiger partial charge in [0.15, 0.2) is 0 Å². The van der Waals surface area contributed by atoms with Crippen LogP contribution < -0.4 is 10.2 Å². The van der Waals surface area contributed by atoms with Crippen molar-refractivity contribution in [3.8, 4) is 0 Å². The molecule has 0 bridgehead atoms. The molecule has 130 valence electrons. The number of urea groups is 1. The number of carbonyl (C=O) groups is 2. The third-order valence-electron chi connectivity index (χ3n) is 4.73.